The van der Waals surface area contributed by atoms with Gasteiger partial charge >= 0.3 is 0 Å². The van der Waals surface area contributed by atoms with Crippen molar-refractivity contribution in [3.8, 4) is 0 Å². The molecule has 0 fully saturated rings. The Morgan fingerprint density at radius 2 is 2.54 bits per heavy atom. The Bertz CT molecular complexity index is 379. The average molecular weight is 195 g/mol. The zero-order chi connectivity index (χ0) is 9.26. The fourth-order valence-corrected chi connectivity index (χ4v) is 2.47. The first-order valence-corrected chi connectivity index (χ1v) is 5.18. The zero-order valence-electron chi connectivity index (χ0n) is 7.28. The number of carbonyl (C=O) groups excluding carboxylic acids is 1. The molecule has 2 heterocycles. The summed E-state index contributed by atoms with van der Waals surface area (Å²) < 4.78 is 1.65. The second-order valence-electron chi connectivity index (χ2n) is 2.88. The first-order chi connectivity index (χ1) is 6.33. The van der Waals surface area contributed by atoms with Crippen LogP contribution in [0.5, 0.6) is 0 Å². The van der Waals surface area contributed by atoms with Crippen LogP contribution in [0.3, 0.4) is 0 Å². The number of aliphatic imine (C=N–C) groups is 1. The lowest BCUT2D eigenvalue weighted by Crippen LogP contribution is -2.00. The maximum absolute atomic E-state index is 10.2. The van der Waals surface area contributed by atoms with Crippen molar-refractivity contribution >= 4 is 23.7 Å². The van der Waals surface area contributed by atoms with Crippen LogP contribution in [0.25, 0.3) is 0 Å². The number of isocyanates is 1. The molecule has 5 heteroatoms. The molecule has 0 aliphatic carbocycles. The van der Waals surface area contributed by atoms with E-state index in [2.05, 4.69) is 10.1 Å². The van der Waals surface area contributed by atoms with Gasteiger partial charge in [-0.05, 0) is 5.75 Å². The highest BCUT2D eigenvalue weighted by atomic mass is 32.2. The number of rotatable bonds is 1. The topological polar surface area (TPSA) is 47.2 Å². The quantitative estimate of drug-likeness (QED) is 0.499. The number of fused-ring (bicyclic) bond motifs is 1. The van der Waals surface area contributed by atoms with Gasteiger partial charge in [-0.3, -0.25) is 0 Å². The van der Waals surface area contributed by atoms with Crippen LogP contribution >= 0.6 is 11.8 Å². The van der Waals surface area contributed by atoms with E-state index in [1.54, 1.807) is 17.8 Å². The highest BCUT2D eigenvalue weighted by molar-refractivity contribution is 7.98. The molecule has 0 radical (unpaired) electrons. The van der Waals surface area contributed by atoms with E-state index >= 15 is 0 Å². The second kappa shape index (κ2) is 3.36. The molecule has 0 atom stereocenters. The van der Waals surface area contributed by atoms with Gasteiger partial charge in [-0.2, -0.15) is 16.9 Å². The molecule has 0 aromatic carbocycles. The van der Waals surface area contributed by atoms with Crippen LogP contribution in [0, 0.1) is 0 Å². The van der Waals surface area contributed by atoms with Gasteiger partial charge in [-0.15, -0.1) is 4.99 Å². The van der Waals surface area contributed by atoms with Crippen molar-refractivity contribution < 1.29 is 4.79 Å². The SMILES string of the molecule is Cn1nc2c(c1N=C=O)CSCC2. The van der Waals surface area contributed by atoms with Crippen molar-refractivity contribution in [3.63, 3.8) is 0 Å². The fourth-order valence-electron chi connectivity index (χ4n) is 1.49. The Morgan fingerprint density at radius 3 is 3.31 bits per heavy atom. The van der Waals surface area contributed by atoms with Gasteiger partial charge in [0.25, 0.3) is 0 Å². The van der Waals surface area contributed by atoms with E-state index in [1.807, 2.05) is 11.8 Å². The maximum Gasteiger partial charge on any atom is 0.242 e. The number of hydrogen-bond acceptors (Lipinski definition) is 4. The number of aryl methyl sites for hydroxylation is 2. The van der Waals surface area contributed by atoms with E-state index in [0.717, 1.165) is 29.2 Å². The summed E-state index contributed by atoms with van der Waals surface area (Å²) in [7, 11) is 1.80. The number of aromatic nitrogens is 2. The van der Waals surface area contributed by atoms with Gasteiger partial charge in [-0.1, -0.05) is 0 Å². The van der Waals surface area contributed by atoms with E-state index in [0.29, 0.717) is 5.82 Å². The van der Waals surface area contributed by atoms with Crippen molar-refractivity contribution in [1.82, 2.24) is 9.78 Å². The Kier molecular flexibility index (Phi) is 2.20. The van der Waals surface area contributed by atoms with Crippen LogP contribution in [0.15, 0.2) is 4.99 Å². The van der Waals surface area contributed by atoms with E-state index in [9.17, 15) is 4.79 Å². The first kappa shape index (κ1) is 8.53. The molecular weight excluding hydrogens is 186 g/mol. The number of thioether (sulfide) groups is 1. The second-order valence-corrected chi connectivity index (χ2v) is 3.98. The highest BCUT2D eigenvalue weighted by Gasteiger charge is 2.18. The molecule has 4 nitrogen and oxygen atoms in total. The Labute approximate surface area is 80.0 Å². The summed E-state index contributed by atoms with van der Waals surface area (Å²) in [6, 6.07) is 0. The van der Waals surface area contributed by atoms with Gasteiger partial charge in [0.1, 0.15) is 0 Å². The van der Waals surface area contributed by atoms with Crippen LogP contribution in [0.2, 0.25) is 0 Å². The van der Waals surface area contributed by atoms with Crippen LogP contribution < -0.4 is 0 Å². The number of hydrogen-bond donors (Lipinski definition) is 0. The van der Waals surface area contributed by atoms with Crippen molar-refractivity contribution in [2.75, 3.05) is 5.75 Å². The smallest absolute Gasteiger partial charge is 0.242 e. The molecule has 0 saturated heterocycles. The van der Waals surface area contributed by atoms with E-state index in [1.165, 1.54) is 0 Å². The lowest BCUT2D eigenvalue weighted by atomic mass is 10.2. The molecule has 0 amide bonds. The average Bonchev–Trinajstić information content (AvgIpc) is 2.44. The lowest BCUT2D eigenvalue weighted by Gasteiger charge is -2.07. The van der Waals surface area contributed by atoms with E-state index in [-0.39, 0.29) is 0 Å². The Balaban J connectivity index is 2.54. The molecule has 0 spiro atoms. The van der Waals surface area contributed by atoms with Gasteiger partial charge < -0.3 is 0 Å². The molecule has 0 bridgehead atoms. The van der Waals surface area contributed by atoms with Crippen molar-refractivity contribution in [1.29, 1.82) is 0 Å². The first-order valence-electron chi connectivity index (χ1n) is 4.03. The Morgan fingerprint density at radius 1 is 1.69 bits per heavy atom. The largest absolute Gasteiger partial charge is 0.250 e. The molecule has 1 aliphatic heterocycles. The summed E-state index contributed by atoms with van der Waals surface area (Å²) in [4.78, 5) is 13.8. The third-order valence-corrected chi connectivity index (χ3v) is 3.06. The monoisotopic (exact) mass is 195 g/mol. The van der Waals surface area contributed by atoms with E-state index in [4.69, 9.17) is 0 Å². The summed E-state index contributed by atoms with van der Waals surface area (Å²) in [6.45, 7) is 0. The van der Waals surface area contributed by atoms with Crippen LogP contribution in [-0.2, 0) is 24.0 Å². The minimum Gasteiger partial charge on any atom is -0.250 e. The molecule has 13 heavy (non-hydrogen) atoms. The number of nitrogens with zero attached hydrogens (tertiary/aromatic N) is 3. The van der Waals surface area contributed by atoms with Gasteiger partial charge in [-0.25, -0.2) is 9.48 Å². The molecule has 0 N–H and O–H groups in total. The standard InChI is InChI=1S/C8H9N3OS/c1-11-8(9-5-12)6-4-13-3-2-7(6)10-11/h2-4H2,1H3. The molecule has 68 valence electrons. The van der Waals surface area contributed by atoms with Crippen molar-refractivity contribution in [2.24, 2.45) is 12.0 Å². The van der Waals surface area contributed by atoms with Gasteiger partial charge in [0.2, 0.25) is 6.08 Å². The minimum absolute atomic E-state index is 0.664. The summed E-state index contributed by atoms with van der Waals surface area (Å²) in [6.07, 6.45) is 2.54. The Hall–Kier alpha value is -1.06. The van der Waals surface area contributed by atoms with Gasteiger partial charge in [0, 0.05) is 24.8 Å². The van der Waals surface area contributed by atoms with Crippen molar-refractivity contribution in [2.45, 2.75) is 12.2 Å². The molecular formula is C8H9N3OS. The fraction of sp³-hybridized carbons (Fsp3) is 0.500. The molecule has 1 aromatic heterocycles. The highest BCUT2D eigenvalue weighted by Crippen LogP contribution is 2.31. The lowest BCUT2D eigenvalue weighted by molar-refractivity contribution is 0.564. The molecule has 0 saturated carbocycles. The third-order valence-electron chi connectivity index (χ3n) is 2.08. The van der Waals surface area contributed by atoms with Crippen LogP contribution in [0.4, 0.5) is 5.82 Å². The zero-order valence-corrected chi connectivity index (χ0v) is 8.10. The third kappa shape index (κ3) is 1.41. The normalized spacial score (nSPS) is 14.8. The van der Waals surface area contributed by atoms with Crippen molar-refractivity contribution in [3.05, 3.63) is 11.3 Å². The summed E-state index contributed by atoms with van der Waals surface area (Å²) in [5.41, 5.74) is 2.18. The molecule has 1 aromatic rings. The summed E-state index contributed by atoms with van der Waals surface area (Å²) >= 11 is 1.85. The van der Waals surface area contributed by atoms with Gasteiger partial charge in [0.15, 0.2) is 5.82 Å². The molecule has 2 rings (SSSR count). The van der Waals surface area contributed by atoms with E-state index < -0.39 is 0 Å². The summed E-state index contributed by atoms with van der Waals surface area (Å²) in [5.74, 6) is 2.68. The predicted molar refractivity (Wildman–Crippen MR) is 50.9 cm³/mol. The van der Waals surface area contributed by atoms with Gasteiger partial charge in [0.05, 0.1) is 5.69 Å². The van der Waals surface area contributed by atoms with Crippen LogP contribution in [-0.4, -0.2) is 21.6 Å². The minimum atomic E-state index is 0.664. The maximum atomic E-state index is 10.2. The molecule has 1 aliphatic rings. The molecule has 0 unspecified atom stereocenters. The summed E-state index contributed by atoms with van der Waals surface area (Å²) in [5, 5.41) is 4.30. The predicted octanol–water partition coefficient (Wildman–Crippen LogP) is 1.18. The van der Waals surface area contributed by atoms with Crippen LogP contribution in [0.1, 0.15) is 11.3 Å².